The Morgan fingerprint density at radius 3 is 2.76 bits per heavy atom. The van der Waals surface area contributed by atoms with E-state index in [9.17, 15) is 14.7 Å². The number of nitrogens with zero attached hydrogens (tertiary/aromatic N) is 1. The number of β-amino-alcohol motifs (C(OH)–C–C–N with tert-alkyl or cyclic N) is 1. The zero-order valence-corrected chi connectivity index (χ0v) is 16.4. The van der Waals surface area contributed by atoms with E-state index in [1.165, 1.54) is 4.90 Å². The second-order valence-electron chi connectivity index (χ2n) is 7.83. The number of aliphatic hydroxyl groups excluding tert-OH is 1. The molecular formula is C22H24N2O5. The molecule has 1 aliphatic heterocycles. The summed E-state index contributed by atoms with van der Waals surface area (Å²) in [6, 6.07) is 12.4. The minimum atomic E-state index is -0.781. The molecule has 29 heavy (non-hydrogen) atoms. The molecule has 0 aliphatic carbocycles. The third-order valence-corrected chi connectivity index (χ3v) is 5.00. The number of carbonyl (C=O) groups excluding carboxylic acids is 2. The summed E-state index contributed by atoms with van der Waals surface area (Å²) >= 11 is 0. The maximum Gasteiger partial charge on any atom is 0.410 e. The number of amides is 2. The molecule has 2 atom stereocenters. The van der Waals surface area contributed by atoms with Crippen molar-refractivity contribution in [2.24, 2.45) is 5.92 Å². The molecule has 0 spiro atoms. The van der Waals surface area contributed by atoms with Crippen LogP contribution in [0, 0.1) is 5.92 Å². The number of hydrogen-bond acceptors (Lipinski definition) is 5. The van der Waals surface area contributed by atoms with E-state index in [1.54, 1.807) is 12.1 Å². The van der Waals surface area contributed by atoms with Crippen molar-refractivity contribution in [1.82, 2.24) is 4.90 Å². The smallest absolute Gasteiger partial charge is 0.410 e. The summed E-state index contributed by atoms with van der Waals surface area (Å²) in [5.41, 5.74) is 2.02. The van der Waals surface area contributed by atoms with E-state index in [0.717, 1.165) is 16.4 Å². The minimum absolute atomic E-state index is 0.0810. The lowest BCUT2D eigenvalue weighted by Crippen LogP contribution is -2.43. The first-order valence-corrected chi connectivity index (χ1v) is 9.76. The van der Waals surface area contributed by atoms with Gasteiger partial charge >= 0.3 is 6.09 Å². The number of furan rings is 1. The van der Waals surface area contributed by atoms with Crippen molar-refractivity contribution in [3.05, 3.63) is 42.5 Å². The number of ether oxygens (including phenoxy) is 1. The molecule has 0 bridgehead atoms. The van der Waals surface area contributed by atoms with Gasteiger partial charge in [0.05, 0.1) is 19.3 Å². The lowest BCUT2D eigenvalue weighted by Gasteiger charge is -2.23. The average Bonchev–Trinajstić information content (AvgIpc) is 3.26. The Labute approximate surface area is 168 Å². The number of aliphatic hydroxyl groups is 1. The van der Waals surface area contributed by atoms with Crippen molar-refractivity contribution < 1.29 is 23.8 Å². The predicted molar refractivity (Wildman–Crippen MR) is 110 cm³/mol. The third-order valence-electron chi connectivity index (χ3n) is 5.00. The molecule has 7 heteroatoms. The van der Waals surface area contributed by atoms with Gasteiger partial charge in [-0.05, 0) is 24.1 Å². The first-order chi connectivity index (χ1) is 13.9. The molecule has 1 aromatic heterocycles. The molecule has 7 nitrogen and oxygen atoms in total. The van der Waals surface area contributed by atoms with E-state index in [2.05, 4.69) is 5.32 Å². The molecule has 152 valence electrons. The first kappa shape index (κ1) is 19.3. The second kappa shape index (κ2) is 7.75. The van der Waals surface area contributed by atoms with Gasteiger partial charge in [0.25, 0.3) is 0 Å². The SMILES string of the molecule is CC(C)COC(=O)N1C[C@H](O)C[C@H]1C(=O)Nc1ccc2c(c1)oc1ccccc12. The van der Waals surface area contributed by atoms with Crippen LogP contribution in [0.5, 0.6) is 0 Å². The van der Waals surface area contributed by atoms with Gasteiger partial charge in [-0.3, -0.25) is 9.69 Å². The highest BCUT2D eigenvalue weighted by molar-refractivity contribution is 6.06. The molecule has 0 saturated carbocycles. The Balaban J connectivity index is 1.51. The number of carbonyl (C=O) groups is 2. The molecule has 2 N–H and O–H groups in total. The Bertz CT molecular complexity index is 1060. The number of nitrogens with one attached hydrogen (secondary N) is 1. The number of fused-ring (bicyclic) bond motifs is 3. The van der Waals surface area contributed by atoms with Crippen LogP contribution >= 0.6 is 0 Å². The van der Waals surface area contributed by atoms with E-state index in [0.29, 0.717) is 11.3 Å². The van der Waals surface area contributed by atoms with Crippen molar-refractivity contribution in [1.29, 1.82) is 0 Å². The van der Waals surface area contributed by atoms with Crippen LogP contribution in [-0.4, -0.2) is 47.3 Å². The van der Waals surface area contributed by atoms with Crippen molar-refractivity contribution in [2.75, 3.05) is 18.5 Å². The topological polar surface area (TPSA) is 92.0 Å². The maximum atomic E-state index is 12.8. The Kier molecular flexibility index (Phi) is 5.15. The third kappa shape index (κ3) is 3.91. The molecule has 2 aromatic carbocycles. The van der Waals surface area contributed by atoms with E-state index >= 15 is 0 Å². The number of hydrogen-bond donors (Lipinski definition) is 2. The normalized spacial score (nSPS) is 19.2. The van der Waals surface area contributed by atoms with Gasteiger partial charge in [-0.1, -0.05) is 32.0 Å². The van der Waals surface area contributed by atoms with Crippen LogP contribution in [0.2, 0.25) is 0 Å². The van der Waals surface area contributed by atoms with Crippen LogP contribution in [0.1, 0.15) is 20.3 Å². The maximum absolute atomic E-state index is 12.8. The molecule has 2 heterocycles. The van der Waals surface area contributed by atoms with Crippen LogP contribution in [0.3, 0.4) is 0 Å². The van der Waals surface area contributed by atoms with Crippen molar-refractivity contribution >= 4 is 39.6 Å². The lowest BCUT2D eigenvalue weighted by atomic mass is 10.1. The van der Waals surface area contributed by atoms with Gasteiger partial charge in [0.2, 0.25) is 5.91 Å². The Morgan fingerprint density at radius 2 is 1.97 bits per heavy atom. The van der Waals surface area contributed by atoms with Gasteiger partial charge in [-0.15, -0.1) is 0 Å². The highest BCUT2D eigenvalue weighted by atomic mass is 16.6. The zero-order valence-electron chi connectivity index (χ0n) is 16.4. The number of rotatable bonds is 4. The molecule has 0 radical (unpaired) electrons. The predicted octanol–water partition coefficient (Wildman–Crippen LogP) is 3.75. The van der Waals surface area contributed by atoms with Gasteiger partial charge in [0.15, 0.2) is 0 Å². The summed E-state index contributed by atoms with van der Waals surface area (Å²) in [5.74, 6) is -0.173. The van der Waals surface area contributed by atoms with Crippen LogP contribution in [0.15, 0.2) is 46.9 Å². The van der Waals surface area contributed by atoms with E-state index in [-0.39, 0.29) is 31.4 Å². The summed E-state index contributed by atoms with van der Waals surface area (Å²) in [7, 11) is 0. The van der Waals surface area contributed by atoms with E-state index < -0.39 is 18.2 Å². The number of anilines is 1. The molecule has 2 amide bonds. The van der Waals surface area contributed by atoms with Gasteiger partial charge in [0, 0.05) is 28.9 Å². The molecule has 0 unspecified atom stereocenters. The van der Waals surface area contributed by atoms with Crippen LogP contribution in [0.4, 0.5) is 10.5 Å². The van der Waals surface area contributed by atoms with Crippen molar-refractivity contribution in [3.8, 4) is 0 Å². The van der Waals surface area contributed by atoms with Crippen molar-refractivity contribution in [2.45, 2.75) is 32.4 Å². The summed E-state index contributed by atoms with van der Waals surface area (Å²) in [4.78, 5) is 26.4. The summed E-state index contributed by atoms with van der Waals surface area (Å²) in [5, 5.41) is 14.8. The van der Waals surface area contributed by atoms with Crippen molar-refractivity contribution in [3.63, 3.8) is 0 Å². The Morgan fingerprint density at radius 1 is 1.21 bits per heavy atom. The standard InChI is InChI=1S/C22H24N2O5/c1-13(2)12-28-22(27)24-11-15(25)10-18(24)21(26)23-14-7-8-17-16-5-3-4-6-19(16)29-20(17)9-14/h3-9,13,15,18,25H,10-12H2,1-2H3,(H,23,26)/t15-,18+/m1/s1. The zero-order chi connectivity index (χ0) is 20.5. The second-order valence-corrected chi connectivity index (χ2v) is 7.83. The Hall–Kier alpha value is -3.06. The highest BCUT2D eigenvalue weighted by Gasteiger charge is 2.40. The molecule has 4 rings (SSSR count). The van der Waals surface area contributed by atoms with E-state index in [4.69, 9.17) is 9.15 Å². The number of benzene rings is 2. The van der Waals surface area contributed by atoms with Gasteiger partial charge in [-0.2, -0.15) is 0 Å². The fraction of sp³-hybridized carbons (Fsp3) is 0.364. The summed E-state index contributed by atoms with van der Waals surface area (Å²) in [6.45, 7) is 4.22. The quantitative estimate of drug-likeness (QED) is 0.701. The largest absolute Gasteiger partial charge is 0.456 e. The fourth-order valence-corrected chi connectivity index (χ4v) is 3.61. The highest BCUT2D eigenvalue weighted by Crippen LogP contribution is 2.30. The minimum Gasteiger partial charge on any atom is -0.456 e. The average molecular weight is 396 g/mol. The molecule has 3 aromatic rings. The molecule has 1 saturated heterocycles. The fourth-order valence-electron chi connectivity index (χ4n) is 3.61. The van der Waals surface area contributed by atoms with Crippen LogP contribution < -0.4 is 5.32 Å². The number of likely N-dealkylation sites (tertiary alicyclic amines) is 1. The summed E-state index contributed by atoms with van der Waals surface area (Å²) < 4.78 is 11.1. The summed E-state index contributed by atoms with van der Waals surface area (Å²) in [6.07, 6.45) is -1.16. The van der Waals surface area contributed by atoms with E-state index in [1.807, 2.05) is 44.2 Å². The van der Waals surface area contributed by atoms with Crippen LogP contribution in [0.25, 0.3) is 21.9 Å². The molecule has 1 aliphatic rings. The number of para-hydroxylation sites is 1. The molecular weight excluding hydrogens is 372 g/mol. The van der Waals surface area contributed by atoms with Gasteiger partial charge < -0.3 is 19.6 Å². The van der Waals surface area contributed by atoms with Crippen LogP contribution in [-0.2, 0) is 9.53 Å². The van der Waals surface area contributed by atoms with Gasteiger partial charge in [0.1, 0.15) is 17.2 Å². The monoisotopic (exact) mass is 396 g/mol. The lowest BCUT2D eigenvalue weighted by molar-refractivity contribution is -0.120. The molecule has 1 fully saturated rings. The first-order valence-electron chi connectivity index (χ1n) is 9.76. The van der Waals surface area contributed by atoms with Gasteiger partial charge in [-0.25, -0.2) is 4.79 Å².